The number of ether oxygens (including phenoxy) is 6. The molecule has 0 aromatic heterocycles. The molecule has 0 N–H and O–H groups in total. The Balaban J connectivity index is 1.05. The summed E-state index contributed by atoms with van der Waals surface area (Å²) >= 11 is 0. The molecule has 18 fully saturated rings. The van der Waals surface area contributed by atoms with Crippen molar-refractivity contribution in [3.05, 3.63) is 0 Å². The number of rotatable bonds is 30. The molecule has 0 radical (unpaired) electrons. The van der Waals surface area contributed by atoms with E-state index in [-0.39, 0.29) is 148 Å². The third-order valence-electron chi connectivity index (χ3n) is 24.1. The van der Waals surface area contributed by atoms with Gasteiger partial charge in [-0.2, -0.15) is 0 Å². The Labute approximate surface area is 508 Å². The number of carbonyl (C=O) groups is 6. The van der Waals surface area contributed by atoms with Gasteiger partial charge in [-0.15, -0.1) is 0 Å². The van der Waals surface area contributed by atoms with Crippen molar-refractivity contribution < 1.29 is 75.3 Å². The van der Waals surface area contributed by atoms with Gasteiger partial charge in [0.05, 0.1) is 58.0 Å². The van der Waals surface area contributed by atoms with Crippen molar-refractivity contribution in [2.75, 3.05) is 161 Å². The van der Waals surface area contributed by atoms with E-state index in [9.17, 15) is 0 Å². The van der Waals surface area contributed by atoms with Gasteiger partial charge in [-0.3, -0.25) is 71.7 Å². The molecule has 0 aliphatic carbocycles. The number of ketones is 6. The molecule has 18 saturated heterocycles. The molecule has 18 heterocycles. The fourth-order valence-corrected chi connectivity index (χ4v) is 21.8. The lowest BCUT2D eigenvalue weighted by molar-refractivity contribution is -0.167. The van der Waals surface area contributed by atoms with E-state index in [2.05, 4.69) is 29.4 Å². The van der Waals surface area contributed by atoms with Crippen LogP contribution in [0.15, 0.2) is 0 Å². The summed E-state index contributed by atoms with van der Waals surface area (Å²) in [7, 11) is 4.14. The monoisotopic (exact) mass is 1230 g/mol. The number of nitrogens with zero attached hydrogens (tertiary/aromatic N) is 6. The van der Waals surface area contributed by atoms with Gasteiger partial charge in [0.1, 0.15) is 33.2 Å². The van der Waals surface area contributed by atoms with Gasteiger partial charge in [-0.05, 0) is 156 Å². The first-order valence-electron chi connectivity index (χ1n) is 32.8. The van der Waals surface area contributed by atoms with E-state index in [1.165, 1.54) is 0 Å². The molecule has 0 amide bonds. The highest BCUT2D eigenvalue weighted by Gasteiger charge is 2.64. The molecule has 18 rings (SSSR count). The van der Waals surface area contributed by atoms with Crippen LogP contribution in [0.25, 0.3) is 0 Å². The molecule has 18 aliphatic heterocycles. The van der Waals surface area contributed by atoms with Crippen LogP contribution >= 0.6 is 7.82 Å². The molecule has 482 valence electrons. The number of piperidine rings is 18. The van der Waals surface area contributed by atoms with E-state index in [4.69, 9.17) is 42.0 Å². The SMILES string of the molecule is COCC1(CC(CC2(COC)C(=O)C3CCN2CC3)OP(=O)(OC(CC2(COC)C(=O)C3CCN2CC3)CC2(COC)C(=O)C3CCN2CC3)OC(CC2(COC)C(=O)C3CCN2CC3)CC2(COC)C(=O)C3CCN2CC3)C(=O)C2CCN1CC2. The van der Waals surface area contributed by atoms with Crippen LogP contribution in [0.5, 0.6) is 0 Å². The second-order valence-corrected chi connectivity index (χ2v) is 29.9. The van der Waals surface area contributed by atoms with Crippen LogP contribution in [-0.2, 0) is 75.3 Å². The summed E-state index contributed by atoms with van der Waals surface area (Å²) < 4.78 is 77.2. The molecule has 0 aromatic carbocycles. The molecule has 6 atom stereocenters. The van der Waals surface area contributed by atoms with Crippen molar-refractivity contribution in [3.63, 3.8) is 0 Å². The van der Waals surface area contributed by atoms with Crippen LogP contribution in [-0.4, -0.2) is 276 Å². The number of phosphoric ester groups is 1. The lowest BCUT2D eigenvalue weighted by Crippen LogP contribution is -2.70. The van der Waals surface area contributed by atoms with E-state index in [1.54, 1.807) is 42.7 Å². The largest absolute Gasteiger partial charge is 0.475 e. The van der Waals surface area contributed by atoms with Gasteiger partial charge in [0, 0.05) is 117 Å². The lowest BCUT2D eigenvalue weighted by Gasteiger charge is -2.57. The molecule has 12 bridgehead atoms. The smallest absolute Gasteiger partial charge is 0.382 e. The minimum absolute atomic E-state index is 0.00106. The quantitative estimate of drug-likeness (QED) is 0.0937. The Bertz CT molecular complexity index is 2150. The topological polar surface area (TPSA) is 222 Å². The maximum atomic E-state index is 18.1. The van der Waals surface area contributed by atoms with E-state index >= 15 is 33.3 Å². The lowest BCUT2D eigenvalue weighted by atomic mass is 9.67. The molecule has 0 saturated carbocycles. The Hall–Kier alpha value is -2.35. The van der Waals surface area contributed by atoms with Crippen molar-refractivity contribution in [2.24, 2.45) is 35.5 Å². The summed E-state index contributed by atoms with van der Waals surface area (Å²) in [5.41, 5.74) is -7.55. The Morgan fingerprint density at radius 1 is 0.302 bits per heavy atom. The molecular formula is C63H99N6O16P. The zero-order valence-electron chi connectivity index (χ0n) is 52.3. The zero-order chi connectivity index (χ0) is 60.4. The standard InChI is InChI=1S/C63H99N6O16P/c1-77-37-58(52(70)43-7-19-64(58)20-8-43)31-49(32-59(38-78-2)53(71)44-9-21-65(59)22-10-44)83-86(76,84-50(33-60(39-79-3)54(72)45-11-23-66(60)24-12-45)34-61(40-80-4)55(73)46-13-25-67(61)26-14-46)85-51(35-62(41-81-5)56(74)47-15-27-68(62)28-16-47)36-63(42-82-6)57(75)48-17-29-69(63)30-18-48/h43-51H,7-42H2,1-6H3. The van der Waals surface area contributed by atoms with Gasteiger partial charge in [-0.25, -0.2) is 4.57 Å². The molecule has 0 spiro atoms. The van der Waals surface area contributed by atoms with Gasteiger partial charge in [-0.1, -0.05) is 0 Å². The highest BCUT2D eigenvalue weighted by molar-refractivity contribution is 7.48. The summed E-state index contributed by atoms with van der Waals surface area (Å²) in [6.07, 6.45) is 4.26. The predicted molar refractivity (Wildman–Crippen MR) is 313 cm³/mol. The first kappa shape index (κ1) is 63.8. The predicted octanol–water partition coefficient (Wildman–Crippen LogP) is 3.67. The van der Waals surface area contributed by atoms with Crippen LogP contribution in [0, 0.1) is 35.5 Å². The number of fused-ring (bicyclic) bond motifs is 18. The Morgan fingerprint density at radius 3 is 0.558 bits per heavy atom. The average molecular weight is 1230 g/mol. The Morgan fingerprint density at radius 2 is 0.442 bits per heavy atom. The third kappa shape index (κ3) is 10.7. The van der Waals surface area contributed by atoms with Crippen LogP contribution < -0.4 is 0 Å². The molecule has 22 nitrogen and oxygen atoms in total. The van der Waals surface area contributed by atoms with Gasteiger partial charge < -0.3 is 28.4 Å². The number of phosphoric acid groups is 1. The van der Waals surface area contributed by atoms with Crippen LogP contribution in [0.4, 0.5) is 0 Å². The van der Waals surface area contributed by atoms with Crippen LogP contribution in [0.3, 0.4) is 0 Å². The first-order chi connectivity index (χ1) is 41.4. The van der Waals surface area contributed by atoms with Gasteiger partial charge in [0.2, 0.25) is 0 Å². The molecule has 0 aromatic rings. The zero-order valence-corrected chi connectivity index (χ0v) is 53.2. The second kappa shape index (κ2) is 25.3. The highest BCUT2D eigenvalue weighted by atomic mass is 31.2. The van der Waals surface area contributed by atoms with E-state index in [0.29, 0.717) is 156 Å². The molecule has 86 heavy (non-hydrogen) atoms. The van der Waals surface area contributed by atoms with Crippen molar-refractivity contribution >= 4 is 42.5 Å². The summed E-state index contributed by atoms with van der Waals surface area (Å²) in [6, 6.07) is 0. The van der Waals surface area contributed by atoms with Gasteiger partial charge in [0.25, 0.3) is 0 Å². The summed E-state index contributed by atoms with van der Waals surface area (Å²) in [4.78, 5) is 105. The number of Topliss-reactive ketones (excluding diaryl/α,β-unsaturated/α-hetero) is 6. The first-order valence-corrected chi connectivity index (χ1v) is 34.3. The van der Waals surface area contributed by atoms with Gasteiger partial charge >= 0.3 is 7.82 Å². The van der Waals surface area contributed by atoms with Crippen LogP contribution in [0.1, 0.15) is 116 Å². The van der Waals surface area contributed by atoms with Crippen LogP contribution in [0.2, 0.25) is 0 Å². The van der Waals surface area contributed by atoms with Gasteiger partial charge in [0.15, 0.2) is 34.7 Å². The number of methoxy groups -OCH3 is 6. The molecule has 6 unspecified atom stereocenters. The Kier molecular flexibility index (Phi) is 18.7. The number of carbonyl (C=O) groups excluding carboxylic acids is 6. The van der Waals surface area contributed by atoms with Crippen molar-refractivity contribution in [2.45, 2.75) is 167 Å². The molecule has 23 heteroatoms. The summed E-state index contributed by atoms with van der Waals surface area (Å²) in [5, 5.41) is 0. The average Bonchev–Trinajstić information content (AvgIpc) is 0.918. The van der Waals surface area contributed by atoms with E-state index in [0.717, 1.165) is 0 Å². The minimum atomic E-state index is -5.33. The number of hydrogen-bond acceptors (Lipinski definition) is 22. The van der Waals surface area contributed by atoms with E-state index < -0.39 is 59.4 Å². The maximum Gasteiger partial charge on any atom is 0.475 e. The molecular weight excluding hydrogens is 1130 g/mol. The number of hydrogen-bond donors (Lipinski definition) is 0. The van der Waals surface area contributed by atoms with Crippen molar-refractivity contribution in [1.29, 1.82) is 0 Å². The van der Waals surface area contributed by atoms with Crippen molar-refractivity contribution in [1.82, 2.24) is 29.4 Å². The fourth-order valence-electron chi connectivity index (χ4n) is 20.1. The summed E-state index contributed by atoms with van der Waals surface area (Å²) in [6.45, 7) is 7.51. The second-order valence-electron chi connectivity index (χ2n) is 28.4. The van der Waals surface area contributed by atoms with Crippen molar-refractivity contribution in [3.8, 4) is 0 Å². The highest BCUT2D eigenvalue weighted by Crippen LogP contribution is 2.60. The normalized spacial score (nSPS) is 44.0. The molecule has 18 aliphatic rings. The summed E-state index contributed by atoms with van der Waals surface area (Å²) in [5.74, 6) is -1.47. The fraction of sp³-hybridized carbons (Fsp3) is 0.905. The minimum Gasteiger partial charge on any atom is -0.382 e. The van der Waals surface area contributed by atoms with E-state index in [1.807, 2.05) is 0 Å². The third-order valence-corrected chi connectivity index (χ3v) is 25.8. The maximum absolute atomic E-state index is 18.1.